The van der Waals surface area contributed by atoms with Gasteiger partial charge in [-0.2, -0.15) is 5.26 Å². The molecule has 0 fully saturated rings. The van der Waals surface area contributed by atoms with E-state index in [9.17, 15) is 4.79 Å². The highest BCUT2D eigenvalue weighted by Gasteiger charge is 2.05. The molecular formula is C11H12N2O2. The lowest BCUT2D eigenvalue weighted by molar-refractivity contribution is 0.199. The third-order valence-electron chi connectivity index (χ3n) is 1.73. The van der Waals surface area contributed by atoms with Crippen molar-refractivity contribution in [3.8, 4) is 11.8 Å². The van der Waals surface area contributed by atoms with Crippen LogP contribution in [0.15, 0.2) is 30.3 Å². The van der Waals surface area contributed by atoms with Crippen LogP contribution >= 0.6 is 0 Å². The molecule has 0 bridgehead atoms. The average molecular weight is 204 g/mol. The molecule has 0 spiro atoms. The molecule has 0 saturated heterocycles. The summed E-state index contributed by atoms with van der Waals surface area (Å²) in [7, 11) is 0. The van der Waals surface area contributed by atoms with Gasteiger partial charge in [-0.15, -0.1) is 0 Å². The van der Waals surface area contributed by atoms with Gasteiger partial charge in [0.15, 0.2) is 0 Å². The van der Waals surface area contributed by atoms with Gasteiger partial charge in [0.2, 0.25) is 0 Å². The van der Waals surface area contributed by atoms with Crippen LogP contribution in [0, 0.1) is 17.2 Å². The number of nitriles is 1. The smallest absolute Gasteiger partial charge is 0.410 e. The molecule has 1 unspecified atom stereocenters. The second-order valence-electron chi connectivity index (χ2n) is 3.11. The molecular weight excluding hydrogens is 192 g/mol. The summed E-state index contributed by atoms with van der Waals surface area (Å²) in [5, 5.41) is 11.0. The Labute approximate surface area is 88.5 Å². The highest BCUT2D eigenvalue weighted by molar-refractivity contribution is 5.70. The number of hydrogen-bond donors (Lipinski definition) is 1. The predicted molar refractivity (Wildman–Crippen MR) is 55.2 cm³/mol. The molecule has 4 heteroatoms. The van der Waals surface area contributed by atoms with E-state index < -0.39 is 6.09 Å². The van der Waals surface area contributed by atoms with Crippen LogP contribution in [-0.4, -0.2) is 12.6 Å². The zero-order valence-corrected chi connectivity index (χ0v) is 8.43. The van der Waals surface area contributed by atoms with E-state index in [1.54, 1.807) is 31.2 Å². The van der Waals surface area contributed by atoms with Crippen molar-refractivity contribution in [3.63, 3.8) is 0 Å². The monoisotopic (exact) mass is 204 g/mol. The Balaban J connectivity index is 2.35. The summed E-state index contributed by atoms with van der Waals surface area (Å²) in [5.74, 6) is 0.271. The van der Waals surface area contributed by atoms with E-state index in [-0.39, 0.29) is 5.92 Å². The summed E-state index contributed by atoms with van der Waals surface area (Å²) in [4.78, 5) is 11.2. The summed E-state index contributed by atoms with van der Waals surface area (Å²) < 4.78 is 4.95. The van der Waals surface area contributed by atoms with Crippen LogP contribution < -0.4 is 10.1 Å². The Hall–Kier alpha value is -2.02. The van der Waals surface area contributed by atoms with E-state index in [1.807, 2.05) is 12.1 Å². The Morgan fingerprint density at radius 1 is 1.53 bits per heavy atom. The minimum absolute atomic E-state index is 0.215. The first kappa shape index (κ1) is 11.1. The van der Waals surface area contributed by atoms with Crippen molar-refractivity contribution in [3.05, 3.63) is 30.3 Å². The topological polar surface area (TPSA) is 62.1 Å². The SMILES string of the molecule is CC(C#N)CNC(=O)Oc1ccccc1. The van der Waals surface area contributed by atoms with Gasteiger partial charge < -0.3 is 10.1 Å². The fraction of sp³-hybridized carbons (Fsp3) is 0.273. The zero-order chi connectivity index (χ0) is 11.1. The number of nitrogens with one attached hydrogen (secondary N) is 1. The number of benzene rings is 1. The second kappa shape index (κ2) is 5.66. The molecule has 1 rings (SSSR count). The molecule has 0 aliphatic carbocycles. The first-order valence-electron chi connectivity index (χ1n) is 4.62. The summed E-state index contributed by atoms with van der Waals surface area (Å²) in [5.41, 5.74) is 0. The number of para-hydroxylation sites is 1. The maximum Gasteiger partial charge on any atom is 0.412 e. The summed E-state index contributed by atoms with van der Waals surface area (Å²) in [6.07, 6.45) is -0.539. The number of hydrogen-bond acceptors (Lipinski definition) is 3. The van der Waals surface area contributed by atoms with Crippen LogP contribution in [0.2, 0.25) is 0 Å². The van der Waals surface area contributed by atoms with Gasteiger partial charge in [0.1, 0.15) is 5.75 Å². The predicted octanol–water partition coefficient (Wildman–Crippen LogP) is 1.93. The second-order valence-corrected chi connectivity index (χ2v) is 3.11. The van der Waals surface area contributed by atoms with Crippen LogP contribution in [0.25, 0.3) is 0 Å². The van der Waals surface area contributed by atoms with Gasteiger partial charge in [0.25, 0.3) is 0 Å². The molecule has 1 N–H and O–H groups in total. The molecule has 0 aromatic heterocycles. The fourth-order valence-corrected chi connectivity index (χ4v) is 0.914. The number of rotatable bonds is 3. The van der Waals surface area contributed by atoms with Gasteiger partial charge in [0.05, 0.1) is 12.0 Å². The van der Waals surface area contributed by atoms with Gasteiger partial charge in [-0.25, -0.2) is 4.79 Å². The highest BCUT2D eigenvalue weighted by Crippen LogP contribution is 2.07. The van der Waals surface area contributed by atoms with Crippen molar-refractivity contribution < 1.29 is 9.53 Å². The van der Waals surface area contributed by atoms with E-state index in [2.05, 4.69) is 5.32 Å². The van der Waals surface area contributed by atoms with Gasteiger partial charge >= 0.3 is 6.09 Å². The maximum absolute atomic E-state index is 11.2. The third-order valence-corrected chi connectivity index (χ3v) is 1.73. The number of carbonyl (C=O) groups excluding carboxylic acids is 1. The molecule has 0 aliphatic rings. The number of amides is 1. The lowest BCUT2D eigenvalue weighted by atomic mass is 10.2. The van der Waals surface area contributed by atoms with Crippen molar-refractivity contribution in [2.24, 2.45) is 5.92 Å². The minimum atomic E-state index is -0.539. The minimum Gasteiger partial charge on any atom is -0.410 e. The lowest BCUT2D eigenvalue weighted by Crippen LogP contribution is -2.30. The van der Waals surface area contributed by atoms with Crippen molar-refractivity contribution in [2.75, 3.05) is 6.54 Å². The standard InChI is InChI=1S/C11H12N2O2/c1-9(7-12)8-13-11(14)15-10-5-3-2-4-6-10/h2-6,9H,8H2,1H3,(H,13,14). The van der Waals surface area contributed by atoms with Crippen LogP contribution in [0.1, 0.15) is 6.92 Å². The molecule has 78 valence electrons. The average Bonchev–Trinajstić information content (AvgIpc) is 2.27. The van der Waals surface area contributed by atoms with Crippen LogP contribution in [-0.2, 0) is 0 Å². The van der Waals surface area contributed by atoms with Crippen LogP contribution in [0.5, 0.6) is 5.75 Å². The van der Waals surface area contributed by atoms with Gasteiger partial charge in [-0.1, -0.05) is 18.2 Å². The van der Waals surface area contributed by atoms with Crippen molar-refractivity contribution in [2.45, 2.75) is 6.92 Å². The molecule has 1 aromatic carbocycles. The Morgan fingerprint density at radius 3 is 2.80 bits per heavy atom. The Morgan fingerprint density at radius 2 is 2.20 bits per heavy atom. The lowest BCUT2D eigenvalue weighted by Gasteiger charge is -2.06. The van der Waals surface area contributed by atoms with E-state index in [1.165, 1.54) is 0 Å². The summed E-state index contributed by atoms with van der Waals surface area (Å²) in [6.45, 7) is 2.02. The largest absolute Gasteiger partial charge is 0.412 e. The molecule has 1 atom stereocenters. The van der Waals surface area contributed by atoms with Crippen molar-refractivity contribution >= 4 is 6.09 Å². The molecule has 4 nitrogen and oxygen atoms in total. The number of nitrogens with zero attached hydrogens (tertiary/aromatic N) is 1. The van der Waals surface area contributed by atoms with Crippen molar-refractivity contribution in [1.82, 2.24) is 5.32 Å². The molecule has 1 aromatic rings. The molecule has 0 aliphatic heterocycles. The van der Waals surface area contributed by atoms with E-state index in [0.717, 1.165) is 0 Å². The molecule has 0 radical (unpaired) electrons. The van der Waals surface area contributed by atoms with Gasteiger partial charge in [-0.3, -0.25) is 0 Å². The molecule has 1 amide bonds. The third kappa shape index (κ3) is 4.14. The first-order chi connectivity index (χ1) is 7.22. The van der Waals surface area contributed by atoms with E-state index in [0.29, 0.717) is 12.3 Å². The highest BCUT2D eigenvalue weighted by atomic mass is 16.5. The maximum atomic E-state index is 11.2. The summed E-state index contributed by atoms with van der Waals surface area (Å²) in [6, 6.07) is 10.8. The van der Waals surface area contributed by atoms with Gasteiger partial charge in [-0.05, 0) is 19.1 Å². The van der Waals surface area contributed by atoms with Gasteiger partial charge in [0, 0.05) is 6.54 Å². The zero-order valence-electron chi connectivity index (χ0n) is 8.43. The molecule has 0 saturated carbocycles. The first-order valence-corrected chi connectivity index (χ1v) is 4.62. The molecule has 15 heavy (non-hydrogen) atoms. The fourth-order valence-electron chi connectivity index (χ4n) is 0.914. The Kier molecular flexibility index (Phi) is 4.17. The normalized spacial score (nSPS) is 11.2. The number of ether oxygens (including phenoxy) is 1. The van der Waals surface area contributed by atoms with E-state index in [4.69, 9.17) is 10.00 Å². The van der Waals surface area contributed by atoms with Crippen LogP contribution in [0.4, 0.5) is 4.79 Å². The molecule has 0 heterocycles. The van der Waals surface area contributed by atoms with Crippen molar-refractivity contribution in [1.29, 1.82) is 5.26 Å². The Bertz CT molecular complexity index is 357. The van der Waals surface area contributed by atoms with E-state index >= 15 is 0 Å². The van der Waals surface area contributed by atoms with Crippen LogP contribution in [0.3, 0.4) is 0 Å². The quantitative estimate of drug-likeness (QED) is 0.818. The number of carbonyl (C=O) groups is 1. The summed E-state index contributed by atoms with van der Waals surface area (Å²) >= 11 is 0.